The number of likely N-dealkylation sites (tertiary alicyclic amines) is 1. The number of hydrogen-bond acceptors (Lipinski definition) is 2. The Kier molecular flexibility index (Phi) is 4.66. The molecule has 1 saturated heterocycles. The Morgan fingerprint density at radius 2 is 2.33 bits per heavy atom. The van der Waals surface area contributed by atoms with Gasteiger partial charge in [-0.2, -0.15) is 0 Å². The van der Waals surface area contributed by atoms with Gasteiger partial charge in [-0.25, -0.2) is 0 Å². The predicted molar refractivity (Wildman–Crippen MR) is 70.8 cm³/mol. The van der Waals surface area contributed by atoms with Crippen LogP contribution < -0.4 is 0 Å². The monoisotopic (exact) mass is 287 g/mol. The van der Waals surface area contributed by atoms with Gasteiger partial charge < -0.3 is 0 Å². The van der Waals surface area contributed by atoms with Crippen LogP contribution in [-0.2, 0) is 6.54 Å². The normalized spacial score (nSPS) is 23.9. The summed E-state index contributed by atoms with van der Waals surface area (Å²) >= 11 is 5.53. The third kappa shape index (κ3) is 3.30. The first kappa shape index (κ1) is 11.6. The van der Waals surface area contributed by atoms with Crippen molar-refractivity contribution in [2.24, 2.45) is 0 Å². The van der Waals surface area contributed by atoms with Crippen molar-refractivity contribution in [2.45, 2.75) is 38.3 Å². The molecule has 0 spiro atoms. The van der Waals surface area contributed by atoms with Crippen LogP contribution in [0.3, 0.4) is 0 Å². The summed E-state index contributed by atoms with van der Waals surface area (Å²) in [5.41, 5.74) is 0. The quantitative estimate of drug-likeness (QED) is 0.763. The van der Waals surface area contributed by atoms with Gasteiger partial charge in [-0.3, -0.25) is 4.90 Å². The number of nitrogens with zero attached hydrogens (tertiary/aromatic N) is 1. The van der Waals surface area contributed by atoms with E-state index in [1.165, 1.54) is 37.1 Å². The molecule has 1 atom stereocenters. The first-order valence-corrected chi connectivity index (χ1v) is 7.72. The van der Waals surface area contributed by atoms with Crippen molar-refractivity contribution in [3.05, 3.63) is 22.4 Å². The van der Waals surface area contributed by atoms with Gasteiger partial charge in [-0.1, -0.05) is 34.8 Å². The van der Waals surface area contributed by atoms with Gasteiger partial charge in [-0.15, -0.1) is 11.3 Å². The Morgan fingerprint density at radius 1 is 1.40 bits per heavy atom. The number of hydrogen-bond donors (Lipinski definition) is 0. The van der Waals surface area contributed by atoms with Crippen LogP contribution in [0.1, 0.15) is 30.6 Å². The Balaban J connectivity index is 1.97. The zero-order valence-corrected chi connectivity index (χ0v) is 11.4. The lowest BCUT2D eigenvalue weighted by Crippen LogP contribution is -2.35. The van der Waals surface area contributed by atoms with E-state index >= 15 is 0 Å². The maximum atomic E-state index is 3.65. The lowest BCUT2D eigenvalue weighted by Gasteiger charge is -2.27. The third-order valence-corrected chi connectivity index (χ3v) is 4.72. The predicted octanol–water partition coefficient (Wildman–Crippen LogP) is 3.89. The zero-order valence-electron chi connectivity index (χ0n) is 8.99. The summed E-state index contributed by atoms with van der Waals surface area (Å²) in [6, 6.07) is 5.15. The highest BCUT2D eigenvalue weighted by Crippen LogP contribution is 2.22. The molecule has 1 nitrogen and oxygen atoms in total. The summed E-state index contributed by atoms with van der Waals surface area (Å²) in [5, 5.41) is 3.30. The fourth-order valence-electron chi connectivity index (χ4n) is 2.22. The van der Waals surface area contributed by atoms with Gasteiger partial charge in [-0.05, 0) is 30.8 Å². The Hall–Kier alpha value is 0.140. The minimum atomic E-state index is 0.745. The summed E-state index contributed by atoms with van der Waals surface area (Å²) < 4.78 is 0. The molecule has 0 aliphatic carbocycles. The molecule has 0 radical (unpaired) electrons. The fraction of sp³-hybridized carbons (Fsp3) is 0.667. The summed E-state index contributed by atoms with van der Waals surface area (Å²) in [7, 11) is 0. The van der Waals surface area contributed by atoms with Gasteiger partial charge >= 0.3 is 0 Å². The standard InChI is InChI=1S/C12H18BrNS/c13-9-11-5-2-1-3-7-14(11)10-12-6-4-8-15-12/h4,6,8,11H,1-3,5,7,9-10H2. The largest absolute Gasteiger partial charge is 0.294 e. The topological polar surface area (TPSA) is 3.24 Å². The van der Waals surface area contributed by atoms with E-state index in [9.17, 15) is 0 Å². The van der Waals surface area contributed by atoms with Crippen molar-refractivity contribution >= 4 is 27.3 Å². The van der Waals surface area contributed by atoms with Crippen LogP contribution in [0.4, 0.5) is 0 Å². The molecule has 0 bridgehead atoms. The lowest BCUT2D eigenvalue weighted by atomic mass is 10.1. The van der Waals surface area contributed by atoms with Gasteiger partial charge in [0.25, 0.3) is 0 Å². The fourth-order valence-corrected chi connectivity index (χ4v) is 3.69. The number of rotatable bonds is 3. The number of halogens is 1. The van der Waals surface area contributed by atoms with E-state index < -0.39 is 0 Å². The van der Waals surface area contributed by atoms with Gasteiger partial charge in [0.05, 0.1) is 0 Å². The molecule has 1 unspecified atom stereocenters. The maximum absolute atomic E-state index is 3.65. The molecule has 84 valence electrons. The van der Waals surface area contributed by atoms with Crippen LogP contribution in [0.15, 0.2) is 17.5 Å². The Labute approximate surface area is 105 Å². The number of thiophene rings is 1. The highest BCUT2D eigenvalue weighted by atomic mass is 79.9. The van der Waals surface area contributed by atoms with Crippen molar-refractivity contribution in [1.82, 2.24) is 4.90 Å². The highest BCUT2D eigenvalue weighted by Gasteiger charge is 2.19. The maximum Gasteiger partial charge on any atom is 0.0331 e. The Morgan fingerprint density at radius 3 is 3.07 bits per heavy atom. The second kappa shape index (κ2) is 6.02. The molecule has 1 aromatic heterocycles. The lowest BCUT2D eigenvalue weighted by molar-refractivity contribution is 0.211. The molecule has 3 heteroatoms. The van der Waals surface area contributed by atoms with E-state index in [1.54, 1.807) is 0 Å². The first-order chi connectivity index (χ1) is 7.40. The summed E-state index contributed by atoms with van der Waals surface area (Å²) in [4.78, 5) is 4.15. The van der Waals surface area contributed by atoms with Gasteiger partial charge in [0.15, 0.2) is 0 Å². The molecule has 0 N–H and O–H groups in total. The molecule has 1 fully saturated rings. The average molecular weight is 288 g/mol. The van der Waals surface area contributed by atoms with Crippen molar-refractivity contribution in [3.8, 4) is 0 Å². The van der Waals surface area contributed by atoms with Crippen LogP contribution in [0.25, 0.3) is 0 Å². The molecule has 1 aliphatic heterocycles. The van der Waals surface area contributed by atoms with Gasteiger partial charge in [0, 0.05) is 22.8 Å². The minimum Gasteiger partial charge on any atom is -0.294 e. The van der Waals surface area contributed by atoms with E-state index in [1.807, 2.05) is 11.3 Å². The zero-order chi connectivity index (χ0) is 10.5. The molecule has 2 heterocycles. The van der Waals surface area contributed by atoms with Crippen LogP contribution in [0.5, 0.6) is 0 Å². The third-order valence-electron chi connectivity index (χ3n) is 3.12. The van der Waals surface area contributed by atoms with E-state index in [0.717, 1.165) is 17.9 Å². The SMILES string of the molecule is BrCC1CCCCCN1Cc1cccs1. The van der Waals surface area contributed by atoms with Crippen molar-refractivity contribution in [3.63, 3.8) is 0 Å². The van der Waals surface area contributed by atoms with Crippen LogP contribution in [-0.4, -0.2) is 22.8 Å². The second-order valence-corrected chi connectivity index (χ2v) is 5.89. The Bertz CT molecular complexity index is 273. The molecule has 1 aromatic rings. The van der Waals surface area contributed by atoms with Crippen molar-refractivity contribution in [2.75, 3.05) is 11.9 Å². The van der Waals surface area contributed by atoms with Gasteiger partial charge in [0.2, 0.25) is 0 Å². The van der Waals surface area contributed by atoms with Crippen LogP contribution in [0, 0.1) is 0 Å². The van der Waals surface area contributed by atoms with E-state index in [-0.39, 0.29) is 0 Å². The molecular formula is C12H18BrNS. The molecule has 0 saturated carbocycles. The van der Waals surface area contributed by atoms with Crippen LogP contribution >= 0.6 is 27.3 Å². The van der Waals surface area contributed by atoms with Crippen LogP contribution in [0.2, 0.25) is 0 Å². The van der Waals surface area contributed by atoms with Crippen molar-refractivity contribution < 1.29 is 0 Å². The summed E-state index contributed by atoms with van der Waals surface area (Å²) in [5.74, 6) is 0. The molecule has 0 aromatic carbocycles. The molecule has 1 aliphatic rings. The molecular weight excluding hydrogens is 270 g/mol. The van der Waals surface area contributed by atoms with E-state index in [0.29, 0.717) is 0 Å². The number of alkyl halides is 1. The smallest absolute Gasteiger partial charge is 0.0331 e. The average Bonchev–Trinajstić information content (AvgIpc) is 2.64. The molecule has 2 rings (SSSR count). The van der Waals surface area contributed by atoms with E-state index in [2.05, 4.69) is 38.3 Å². The summed E-state index contributed by atoms with van der Waals surface area (Å²) in [6.07, 6.45) is 5.53. The summed E-state index contributed by atoms with van der Waals surface area (Å²) in [6.45, 7) is 2.42. The minimum absolute atomic E-state index is 0.745. The van der Waals surface area contributed by atoms with Gasteiger partial charge in [0.1, 0.15) is 0 Å². The molecule has 0 amide bonds. The second-order valence-electron chi connectivity index (χ2n) is 4.21. The van der Waals surface area contributed by atoms with E-state index in [4.69, 9.17) is 0 Å². The highest BCUT2D eigenvalue weighted by molar-refractivity contribution is 9.09. The van der Waals surface area contributed by atoms with Crippen molar-refractivity contribution in [1.29, 1.82) is 0 Å². The first-order valence-electron chi connectivity index (χ1n) is 5.72. The molecule has 15 heavy (non-hydrogen) atoms.